The molecule has 0 aromatic heterocycles. The van der Waals surface area contributed by atoms with E-state index in [-0.39, 0.29) is 11.9 Å². The molecular formula is C18H28FN3O2S. The number of morpholine rings is 1. The number of hydrogen-bond acceptors (Lipinski definition) is 4. The zero-order valence-electron chi connectivity index (χ0n) is 14.8. The molecule has 0 bridgehead atoms. The summed E-state index contributed by atoms with van der Waals surface area (Å²) >= 11 is 5.36. The van der Waals surface area contributed by atoms with E-state index < -0.39 is 0 Å². The van der Waals surface area contributed by atoms with Gasteiger partial charge in [-0.05, 0) is 43.3 Å². The fourth-order valence-electron chi connectivity index (χ4n) is 2.80. The van der Waals surface area contributed by atoms with Gasteiger partial charge in [-0.3, -0.25) is 4.90 Å². The van der Waals surface area contributed by atoms with Crippen LogP contribution in [0.25, 0.3) is 0 Å². The predicted octanol–water partition coefficient (Wildman–Crippen LogP) is 2.09. The van der Waals surface area contributed by atoms with E-state index in [2.05, 4.69) is 15.5 Å². The Kier molecular flexibility index (Phi) is 9.10. The Labute approximate surface area is 154 Å². The monoisotopic (exact) mass is 369 g/mol. The maximum absolute atomic E-state index is 13.2. The summed E-state index contributed by atoms with van der Waals surface area (Å²) < 4.78 is 24.0. The van der Waals surface area contributed by atoms with Crippen LogP contribution in [0, 0.1) is 5.82 Å². The summed E-state index contributed by atoms with van der Waals surface area (Å²) in [5.41, 5.74) is 1.08. The van der Waals surface area contributed by atoms with Gasteiger partial charge >= 0.3 is 0 Å². The molecule has 2 rings (SSSR count). The minimum absolute atomic E-state index is 0.132. The summed E-state index contributed by atoms with van der Waals surface area (Å²) in [6, 6.07) is 6.83. The summed E-state index contributed by atoms with van der Waals surface area (Å²) in [4.78, 5) is 2.35. The second kappa shape index (κ2) is 11.4. The van der Waals surface area contributed by atoms with Crippen LogP contribution in [-0.4, -0.2) is 62.6 Å². The molecule has 7 heteroatoms. The van der Waals surface area contributed by atoms with Crippen LogP contribution in [0.1, 0.15) is 24.9 Å². The third kappa shape index (κ3) is 7.23. The molecule has 0 aliphatic carbocycles. The number of benzene rings is 1. The number of hydrogen-bond donors (Lipinski definition) is 2. The zero-order valence-corrected chi connectivity index (χ0v) is 15.6. The first-order chi connectivity index (χ1) is 12.2. The van der Waals surface area contributed by atoms with Crippen LogP contribution in [0.2, 0.25) is 0 Å². The van der Waals surface area contributed by atoms with Gasteiger partial charge in [-0.1, -0.05) is 12.1 Å². The van der Waals surface area contributed by atoms with E-state index in [0.717, 1.165) is 58.0 Å². The normalized spacial score (nSPS) is 16.4. The molecule has 1 aliphatic rings. The van der Waals surface area contributed by atoms with Gasteiger partial charge in [0, 0.05) is 39.4 Å². The van der Waals surface area contributed by atoms with Crippen LogP contribution >= 0.6 is 12.2 Å². The molecule has 1 heterocycles. The molecule has 1 aliphatic heterocycles. The molecule has 1 unspecified atom stereocenters. The van der Waals surface area contributed by atoms with E-state index >= 15 is 0 Å². The molecule has 25 heavy (non-hydrogen) atoms. The van der Waals surface area contributed by atoms with Crippen LogP contribution in [0.5, 0.6) is 0 Å². The Morgan fingerprint density at radius 2 is 2.00 bits per heavy atom. The highest BCUT2D eigenvalue weighted by Crippen LogP contribution is 2.21. The first kappa shape index (κ1) is 20.0. The summed E-state index contributed by atoms with van der Waals surface area (Å²) in [7, 11) is 0. The van der Waals surface area contributed by atoms with Gasteiger partial charge in [0.05, 0.1) is 19.3 Å². The van der Waals surface area contributed by atoms with Crippen molar-refractivity contribution >= 4 is 17.3 Å². The molecule has 5 nitrogen and oxygen atoms in total. The number of ether oxygens (including phenoxy) is 2. The maximum Gasteiger partial charge on any atom is 0.166 e. The van der Waals surface area contributed by atoms with Crippen LogP contribution < -0.4 is 10.6 Å². The number of nitrogens with zero attached hydrogens (tertiary/aromatic N) is 1. The summed E-state index contributed by atoms with van der Waals surface area (Å²) in [5.74, 6) is -0.219. The number of nitrogens with one attached hydrogen (secondary N) is 2. The second-order valence-electron chi connectivity index (χ2n) is 5.90. The lowest BCUT2D eigenvalue weighted by Gasteiger charge is -2.35. The third-order valence-corrected chi connectivity index (χ3v) is 4.44. The number of rotatable bonds is 9. The molecular weight excluding hydrogens is 341 g/mol. The van der Waals surface area contributed by atoms with Gasteiger partial charge in [0.25, 0.3) is 0 Å². The minimum atomic E-state index is -0.219. The van der Waals surface area contributed by atoms with E-state index in [1.54, 1.807) is 0 Å². The maximum atomic E-state index is 13.2. The average molecular weight is 370 g/mol. The Hall–Kier alpha value is -1.28. The molecule has 1 aromatic rings. The molecule has 0 spiro atoms. The SMILES string of the molecule is CCOCCCNC(=S)NCC(c1ccc(F)cc1)N1CCOCC1. The van der Waals surface area contributed by atoms with E-state index in [1.165, 1.54) is 12.1 Å². The predicted molar refractivity (Wildman–Crippen MR) is 101 cm³/mol. The van der Waals surface area contributed by atoms with Gasteiger partial charge in [-0.2, -0.15) is 0 Å². The van der Waals surface area contributed by atoms with Gasteiger partial charge < -0.3 is 20.1 Å². The fraction of sp³-hybridized carbons (Fsp3) is 0.611. The number of halogens is 1. The summed E-state index contributed by atoms with van der Waals surface area (Å²) in [6.45, 7) is 8.07. The van der Waals surface area contributed by atoms with E-state index in [4.69, 9.17) is 21.7 Å². The molecule has 140 valence electrons. The molecule has 1 aromatic carbocycles. The lowest BCUT2D eigenvalue weighted by molar-refractivity contribution is 0.0170. The molecule has 0 radical (unpaired) electrons. The Balaban J connectivity index is 1.85. The molecule has 0 amide bonds. The largest absolute Gasteiger partial charge is 0.382 e. The summed E-state index contributed by atoms with van der Waals surface area (Å²) in [5, 5.41) is 7.12. The van der Waals surface area contributed by atoms with Crippen molar-refractivity contribution < 1.29 is 13.9 Å². The highest BCUT2D eigenvalue weighted by molar-refractivity contribution is 7.80. The van der Waals surface area contributed by atoms with Crippen LogP contribution in [0.15, 0.2) is 24.3 Å². The van der Waals surface area contributed by atoms with Crippen molar-refractivity contribution in [2.24, 2.45) is 0 Å². The highest BCUT2D eigenvalue weighted by atomic mass is 32.1. The van der Waals surface area contributed by atoms with Crippen LogP contribution in [0.4, 0.5) is 4.39 Å². The van der Waals surface area contributed by atoms with E-state index in [1.807, 2.05) is 19.1 Å². The topological polar surface area (TPSA) is 45.8 Å². The molecule has 2 N–H and O–H groups in total. The Morgan fingerprint density at radius 1 is 1.28 bits per heavy atom. The van der Waals surface area contributed by atoms with Crippen molar-refractivity contribution in [3.05, 3.63) is 35.6 Å². The van der Waals surface area contributed by atoms with E-state index in [0.29, 0.717) is 11.7 Å². The molecule has 0 saturated carbocycles. The smallest absolute Gasteiger partial charge is 0.166 e. The van der Waals surface area contributed by atoms with Gasteiger partial charge in [-0.15, -0.1) is 0 Å². The highest BCUT2D eigenvalue weighted by Gasteiger charge is 2.22. The Morgan fingerprint density at radius 3 is 2.68 bits per heavy atom. The van der Waals surface area contributed by atoms with E-state index in [9.17, 15) is 4.39 Å². The first-order valence-corrected chi connectivity index (χ1v) is 9.28. The molecule has 1 fully saturated rings. The van der Waals surface area contributed by atoms with Crippen LogP contribution in [0.3, 0.4) is 0 Å². The number of thiocarbonyl (C=S) groups is 1. The average Bonchev–Trinajstić information content (AvgIpc) is 2.64. The van der Waals surface area contributed by atoms with Gasteiger partial charge in [0.1, 0.15) is 5.82 Å². The van der Waals surface area contributed by atoms with Crippen molar-refractivity contribution in [2.45, 2.75) is 19.4 Å². The standard InChI is InChI=1S/C18H28FN3O2S/c1-2-23-11-3-8-20-18(25)21-14-17(22-9-12-24-13-10-22)15-4-6-16(19)7-5-15/h4-7,17H,2-3,8-14H2,1H3,(H2,20,21,25). The quantitative estimate of drug-likeness (QED) is 0.513. The second-order valence-corrected chi connectivity index (χ2v) is 6.31. The van der Waals surface area contributed by atoms with Crippen molar-refractivity contribution in [2.75, 3.05) is 52.6 Å². The van der Waals surface area contributed by atoms with Gasteiger partial charge in [0.15, 0.2) is 5.11 Å². The molecule has 1 atom stereocenters. The van der Waals surface area contributed by atoms with Gasteiger partial charge in [-0.25, -0.2) is 4.39 Å². The lowest BCUT2D eigenvalue weighted by atomic mass is 10.0. The molecule has 1 saturated heterocycles. The van der Waals surface area contributed by atoms with Crippen molar-refractivity contribution in [1.29, 1.82) is 0 Å². The van der Waals surface area contributed by atoms with Crippen molar-refractivity contribution in [1.82, 2.24) is 15.5 Å². The third-order valence-electron chi connectivity index (χ3n) is 4.15. The van der Waals surface area contributed by atoms with Crippen LogP contribution in [-0.2, 0) is 9.47 Å². The first-order valence-electron chi connectivity index (χ1n) is 8.87. The van der Waals surface area contributed by atoms with Crippen molar-refractivity contribution in [3.8, 4) is 0 Å². The minimum Gasteiger partial charge on any atom is -0.382 e. The zero-order chi connectivity index (χ0) is 17.9. The lowest BCUT2D eigenvalue weighted by Crippen LogP contribution is -2.45. The van der Waals surface area contributed by atoms with Crippen molar-refractivity contribution in [3.63, 3.8) is 0 Å². The summed E-state index contributed by atoms with van der Waals surface area (Å²) in [6.07, 6.45) is 0.917. The fourth-order valence-corrected chi connectivity index (χ4v) is 2.99. The Bertz CT molecular complexity index is 510. The van der Waals surface area contributed by atoms with Gasteiger partial charge in [0.2, 0.25) is 0 Å².